The Morgan fingerprint density at radius 1 is 1.35 bits per heavy atom. The van der Waals surface area contributed by atoms with E-state index < -0.39 is 0 Å². The molecule has 0 atom stereocenters. The molecule has 0 saturated carbocycles. The number of hydrogen-bond donors (Lipinski definition) is 1. The first-order chi connectivity index (χ1) is 8.27. The van der Waals surface area contributed by atoms with Crippen LogP contribution >= 0.6 is 22.6 Å². The lowest BCUT2D eigenvalue weighted by Gasteiger charge is -2.04. The number of nitriles is 1. The fourth-order valence-electron chi connectivity index (χ4n) is 1.43. The SMILES string of the molecule is N#Cc1cccc(C(=O)NCCCCCI)c1. The molecule has 0 radical (unpaired) electrons. The van der Waals surface area contributed by atoms with Crippen LogP contribution in [0.1, 0.15) is 35.2 Å². The van der Waals surface area contributed by atoms with Crippen molar-refractivity contribution in [2.45, 2.75) is 19.3 Å². The molecule has 3 nitrogen and oxygen atoms in total. The first-order valence-electron chi connectivity index (χ1n) is 5.62. The normalized spacial score (nSPS) is 9.65. The van der Waals surface area contributed by atoms with Crippen LogP contribution < -0.4 is 5.32 Å². The Morgan fingerprint density at radius 2 is 2.18 bits per heavy atom. The largest absolute Gasteiger partial charge is 0.352 e. The number of rotatable bonds is 6. The number of halogens is 1. The maximum Gasteiger partial charge on any atom is 0.251 e. The van der Waals surface area contributed by atoms with Gasteiger partial charge in [-0.2, -0.15) is 5.26 Å². The van der Waals surface area contributed by atoms with Crippen molar-refractivity contribution >= 4 is 28.5 Å². The van der Waals surface area contributed by atoms with Crippen LogP contribution in [0.15, 0.2) is 24.3 Å². The van der Waals surface area contributed by atoms with E-state index in [1.165, 1.54) is 6.42 Å². The zero-order valence-corrected chi connectivity index (χ0v) is 11.7. The number of benzene rings is 1. The van der Waals surface area contributed by atoms with Crippen molar-refractivity contribution in [1.29, 1.82) is 5.26 Å². The molecule has 0 aliphatic rings. The molecular formula is C13H15IN2O. The average Bonchev–Trinajstić information content (AvgIpc) is 2.38. The van der Waals surface area contributed by atoms with E-state index in [0.717, 1.165) is 17.3 Å². The van der Waals surface area contributed by atoms with Gasteiger partial charge < -0.3 is 5.32 Å². The Kier molecular flexibility index (Phi) is 6.63. The van der Waals surface area contributed by atoms with Gasteiger partial charge in [0.05, 0.1) is 11.6 Å². The molecule has 17 heavy (non-hydrogen) atoms. The Labute approximate surface area is 115 Å². The van der Waals surface area contributed by atoms with Crippen molar-refractivity contribution in [1.82, 2.24) is 5.32 Å². The van der Waals surface area contributed by atoms with Gasteiger partial charge in [0.1, 0.15) is 0 Å². The molecule has 90 valence electrons. The number of nitrogens with zero attached hydrogens (tertiary/aromatic N) is 1. The minimum absolute atomic E-state index is 0.100. The average molecular weight is 342 g/mol. The molecule has 4 heteroatoms. The lowest BCUT2D eigenvalue weighted by Crippen LogP contribution is -2.24. The van der Waals surface area contributed by atoms with E-state index >= 15 is 0 Å². The summed E-state index contributed by atoms with van der Waals surface area (Å²) in [7, 11) is 0. The Morgan fingerprint density at radius 3 is 2.88 bits per heavy atom. The van der Waals surface area contributed by atoms with Crippen molar-refractivity contribution in [3.8, 4) is 6.07 Å². The van der Waals surface area contributed by atoms with Crippen LogP contribution in [0.25, 0.3) is 0 Å². The minimum atomic E-state index is -0.100. The zero-order chi connectivity index (χ0) is 12.5. The summed E-state index contributed by atoms with van der Waals surface area (Å²) in [4.78, 5) is 11.7. The van der Waals surface area contributed by atoms with E-state index in [1.807, 2.05) is 6.07 Å². The highest BCUT2D eigenvalue weighted by Crippen LogP contribution is 2.04. The Bertz CT molecular complexity index is 412. The highest BCUT2D eigenvalue weighted by Gasteiger charge is 2.04. The van der Waals surface area contributed by atoms with Gasteiger partial charge in [-0.05, 0) is 35.5 Å². The number of unbranched alkanes of at least 4 members (excludes halogenated alkanes) is 2. The standard InChI is InChI=1S/C13H15IN2O/c14-7-2-1-3-8-16-13(17)12-6-4-5-11(9-12)10-15/h4-6,9H,1-3,7-8H2,(H,16,17). The molecule has 0 spiro atoms. The highest BCUT2D eigenvalue weighted by atomic mass is 127. The third kappa shape index (κ3) is 5.18. The summed E-state index contributed by atoms with van der Waals surface area (Å²) in [5, 5.41) is 11.6. The monoisotopic (exact) mass is 342 g/mol. The van der Waals surface area contributed by atoms with Crippen LogP contribution in [0.3, 0.4) is 0 Å². The third-order valence-corrected chi connectivity index (χ3v) is 3.11. The quantitative estimate of drug-likeness (QED) is 0.491. The second-order valence-electron chi connectivity index (χ2n) is 3.70. The van der Waals surface area contributed by atoms with Crippen molar-refractivity contribution in [2.75, 3.05) is 11.0 Å². The van der Waals surface area contributed by atoms with Gasteiger partial charge in [0.15, 0.2) is 0 Å². The van der Waals surface area contributed by atoms with Crippen LogP contribution in [0.2, 0.25) is 0 Å². The first-order valence-corrected chi connectivity index (χ1v) is 7.15. The highest BCUT2D eigenvalue weighted by molar-refractivity contribution is 14.1. The molecular weight excluding hydrogens is 327 g/mol. The molecule has 1 N–H and O–H groups in total. The van der Waals surface area contributed by atoms with Gasteiger partial charge in [-0.1, -0.05) is 35.1 Å². The predicted molar refractivity (Wildman–Crippen MR) is 76.2 cm³/mol. The summed E-state index contributed by atoms with van der Waals surface area (Å²) in [5.74, 6) is -0.100. The lowest BCUT2D eigenvalue weighted by molar-refractivity contribution is 0.0953. The number of alkyl halides is 1. The number of hydrogen-bond acceptors (Lipinski definition) is 2. The second kappa shape index (κ2) is 8.07. The van der Waals surface area contributed by atoms with Crippen molar-refractivity contribution in [3.05, 3.63) is 35.4 Å². The molecule has 0 saturated heterocycles. The molecule has 0 bridgehead atoms. The summed E-state index contributed by atoms with van der Waals surface area (Å²) in [6, 6.07) is 8.78. The Balaban J connectivity index is 2.39. The molecule has 0 fully saturated rings. The van der Waals surface area contributed by atoms with Gasteiger partial charge in [-0.3, -0.25) is 4.79 Å². The topological polar surface area (TPSA) is 52.9 Å². The lowest BCUT2D eigenvalue weighted by atomic mass is 10.1. The van der Waals surface area contributed by atoms with Crippen LogP contribution in [0.4, 0.5) is 0 Å². The van der Waals surface area contributed by atoms with Crippen molar-refractivity contribution in [3.63, 3.8) is 0 Å². The van der Waals surface area contributed by atoms with E-state index in [-0.39, 0.29) is 5.91 Å². The van der Waals surface area contributed by atoms with E-state index in [0.29, 0.717) is 17.7 Å². The second-order valence-corrected chi connectivity index (χ2v) is 4.78. The van der Waals surface area contributed by atoms with Crippen LogP contribution in [-0.2, 0) is 0 Å². The smallest absolute Gasteiger partial charge is 0.251 e. The van der Waals surface area contributed by atoms with Gasteiger partial charge in [0, 0.05) is 12.1 Å². The molecule has 0 aliphatic heterocycles. The van der Waals surface area contributed by atoms with Gasteiger partial charge >= 0.3 is 0 Å². The first kappa shape index (κ1) is 14.0. The predicted octanol–water partition coefficient (Wildman–Crippen LogP) is 2.89. The number of amides is 1. The van der Waals surface area contributed by atoms with Crippen molar-refractivity contribution in [2.24, 2.45) is 0 Å². The molecule has 1 aromatic rings. The van der Waals surface area contributed by atoms with E-state index in [4.69, 9.17) is 5.26 Å². The molecule has 0 aliphatic carbocycles. The Hall–Kier alpha value is -1.09. The van der Waals surface area contributed by atoms with Crippen LogP contribution in [-0.4, -0.2) is 16.9 Å². The summed E-state index contributed by atoms with van der Waals surface area (Å²) in [6.07, 6.45) is 3.34. The zero-order valence-electron chi connectivity index (χ0n) is 9.58. The summed E-state index contributed by atoms with van der Waals surface area (Å²) >= 11 is 2.35. The van der Waals surface area contributed by atoms with E-state index in [9.17, 15) is 4.79 Å². The fraction of sp³-hybridized carbons (Fsp3) is 0.385. The minimum Gasteiger partial charge on any atom is -0.352 e. The molecule has 1 rings (SSSR count). The molecule has 0 aromatic heterocycles. The van der Waals surface area contributed by atoms with Gasteiger partial charge in [-0.25, -0.2) is 0 Å². The van der Waals surface area contributed by atoms with Crippen LogP contribution in [0.5, 0.6) is 0 Å². The number of carbonyl (C=O) groups is 1. The van der Waals surface area contributed by atoms with Gasteiger partial charge in [-0.15, -0.1) is 0 Å². The fourth-order valence-corrected chi connectivity index (χ4v) is 1.97. The number of nitrogens with one attached hydrogen (secondary N) is 1. The maximum atomic E-state index is 11.7. The number of carbonyl (C=O) groups excluding carboxylic acids is 1. The summed E-state index contributed by atoms with van der Waals surface area (Å²) in [6.45, 7) is 0.701. The molecule has 0 unspecified atom stereocenters. The van der Waals surface area contributed by atoms with Crippen LogP contribution in [0, 0.1) is 11.3 Å². The summed E-state index contributed by atoms with van der Waals surface area (Å²) in [5.41, 5.74) is 1.07. The van der Waals surface area contributed by atoms with E-state index in [2.05, 4.69) is 27.9 Å². The van der Waals surface area contributed by atoms with Crippen molar-refractivity contribution < 1.29 is 4.79 Å². The van der Waals surface area contributed by atoms with Gasteiger partial charge in [0.2, 0.25) is 0 Å². The molecule has 0 heterocycles. The van der Waals surface area contributed by atoms with Gasteiger partial charge in [0.25, 0.3) is 5.91 Å². The molecule has 1 aromatic carbocycles. The third-order valence-electron chi connectivity index (χ3n) is 2.35. The molecule has 1 amide bonds. The summed E-state index contributed by atoms with van der Waals surface area (Å²) < 4.78 is 1.16. The maximum absolute atomic E-state index is 11.7. The van der Waals surface area contributed by atoms with E-state index in [1.54, 1.807) is 24.3 Å².